The number of hydrogen-bond acceptors (Lipinski definition) is 4. The van der Waals surface area contributed by atoms with E-state index in [1.165, 1.54) is 6.07 Å². The third kappa shape index (κ3) is 5.87. The molecule has 2 rings (SSSR count). The lowest BCUT2D eigenvalue weighted by Crippen LogP contribution is -2.14. The molecular weight excluding hydrogens is 293 g/mol. The van der Waals surface area contributed by atoms with E-state index < -0.39 is 5.82 Å². The summed E-state index contributed by atoms with van der Waals surface area (Å²) in [4.78, 5) is 0. The molecule has 0 saturated carbocycles. The van der Waals surface area contributed by atoms with Crippen LogP contribution in [0.3, 0.4) is 0 Å². The number of nitrogens with two attached hydrogens (primary N) is 1. The summed E-state index contributed by atoms with van der Waals surface area (Å²) in [6.07, 6.45) is 12.8. The lowest BCUT2D eigenvalue weighted by atomic mass is 10.2. The standard InChI is InChI=1S/C14H16FN3O.C4H6/c1-3-17-18-6-4-11(5-7-18)19-14-9-12(15)13(16)8-10(14)2;1-3-4-2/h3-6,8-9H,7,16H2,1-2H3;1H,4H2,2H3/b17-3-;. The molecule has 0 amide bonds. The summed E-state index contributed by atoms with van der Waals surface area (Å²) in [5.74, 6) is 3.09. The zero-order chi connectivity index (χ0) is 17.2. The van der Waals surface area contributed by atoms with Gasteiger partial charge < -0.3 is 10.5 Å². The summed E-state index contributed by atoms with van der Waals surface area (Å²) in [6, 6.07) is 2.86. The molecule has 0 radical (unpaired) electrons. The largest absolute Gasteiger partial charge is 0.457 e. The van der Waals surface area contributed by atoms with Crippen LogP contribution in [-0.4, -0.2) is 17.8 Å². The molecule has 0 aliphatic carbocycles. The Balaban J connectivity index is 0.000000593. The summed E-state index contributed by atoms with van der Waals surface area (Å²) in [5, 5.41) is 5.88. The Morgan fingerprint density at radius 3 is 2.74 bits per heavy atom. The number of nitrogen functional groups attached to an aromatic ring is 1. The van der Waals surface area contributed by atoms with Gasteiger partial charge in [0.05, 0.1) is 12.2 Å². The molecule has 0 fully saturated rings. The molecule has 2 N–H and O–H groups in total. The van der Waals surface area contributed by atoms with E-state index in [2.05, 4.69) is 11.0 Å². The van der Waals surface area contributed by atoms with Crippen LogP contribution < -0.4 is 10.5 Å². The van der Waals surface area contributed by atoms with Crippen molar-refractivity contribution in [1.82, 2.24) is 5.01 Å². The first-order valence-electron chi connectivity index (χ1n) is 7.32. The van der Waals surface area contributed by atoms with Crippen molar-refractivity contribution >= 4 is 11.9 Å². The van der Waals surface area contributed by atoms with Gasteiger partial charge >= 0.3 is 0 Å². The number of terminal acetylenes is 1. The summed E-state index contributed by atoms with van der Waals surface area (Å²) >= 11 is 0. The molecule has 0 bridgehead atoms. The van der Waals surface area contributed by atoms with Crippen molar-refractivity contribution in [3.8, 4) is 18.1 Å². The van der Waals surface area contributed by atoms with Gasteiger partial charge in [-0.1, -0.05) is 6.92 Å². The van der Waals surface area contributed by atoms with Gasteiger partial charge in [0.25, 0.3) is 0 Å². The summed E-state index contributed by atoms with van der Waals surface area (Å²) < 4.78 is 19.1. The number of allylic oxidation sites excluding steroid dienone is 1. The zero-order valence-electron chi connectivity index (χ0n) is 13.7. The second-order valence-corrected chi connectivity index (χ2v) is 4.72. The van der Waals surface area contributed by atoms with Crippen molar-refractivity contribution < 1.29 is 9.13 Å². The predicted molar refractivity (Wildman–Crippen MR) is 93.4 cm³/mol. The molecule has 5 heteroatoms. The monoisotopic (exact) mass is 315 g/mol. The number of hydrogen-bond donors (Lipinski definition) is 1. The Hall–Kier alpha value is -2.74. The first-order valence-corrected chi connectivity index (χ1v) is 7.32. The van der Waals surface area contributed by atoms with Crippen molar-refractivity contribution in [2.75, 3.05) is 12.3 Å². The second kappa shape index (κ2) is 9.31. The van der Waals surface area contributed by atoms with Crippen molar-refractivity contribution in [1.29, 1.82) is 0 Å². The van der Waals surface area contributed by atoms with Crippen LogP contribution >= 0.6 is 0 Å². The van der Waals surface area contributed by atoms with Crippen molar-refractivity contribution in [3.05, 3.63) is 47.6 Å². The number of anilines is 1. The fourth-order valence-corrected chi connectivity index (χ4v) is 1.70. The second-order valence-electron chi connectivity index (χ2n) is 4.72. The molecule has 1 aliphatic heterocycles. The minimum atomic E-state index is -0.474. The van der Waals surface area contributed by atoms with E-state index in [-0.39, 0.29) is 5.69 Å². The topological polar surface area (TPSA) is 50.8 Å². The smallest absolute Gasteiger partial charge is 0.149 e. The Morgan fingerprint density at radius 2 is 2.22 bits per heavy atom. The fourth-order valence-electron chi connectivity index (χ4n) is 1.70. The van der Waals surface area contributed by atoms with E-state index in [4.69, 9.17) is 16.9 Å². The number of rotatable bonds is 3. The van der Waals surface area contributed by atoms with Crippen LogP contribution in [0.15, 0.2) is 41.3 Å². The first kappa shape index (κ1) is 18.3. The van der Waals surface area contributed by atoms with Crippen molar-refractivity contribution in [3.63, 3.8) is 0 Å². The third-order valence-electron chi connectivity index (χ3n) is 2.88. The number of aryl methyl sites for hydroxylation is 1. The average Bonchev–Trinajstić information content (AvgIpc) is 2.55. The molecule has 1 aliphatic rings. The summed E-state index contributed by atoms with van der Waals surface area (Å²) in [7, 11) is 0. The average molecular weight is 315 g/mol. The molecule has 0 aromatic heterocycles. The van der Waals surface area contributed by atoms with Crippen LogP contribution in [0, 0.1) is 25.1 Å². The van der Waals surface area contributed by atoms with Gasteiger partial charge in [-0.15, -0.1) is 12.3 Å². The lowest BCUT2D eigenvalue weighted by Gasteiger charge is -2.18. The van der Waals surface area contributed by atoms with E-state index in [9.17, 15) is 4.39 Å². The predicted octanol–water partition coefficient (Wildman–Crippen LogP) is 3.84. The van der Waals surface area contributed by atoms with E-state index in [0.29, 0.717) is 18.1 Å². The van der Waals surface area contributed by atoms with E-state index >= 15 is 0 Å². The maximum Gasteiger partial charge on any atom is 0.149 e. The molecule has 1 aromatic carbocycles. The molecule has 1 heterocycles. The number of hydrazone groups is 1. The molecular formula is C18H22FN3O. The number of benzene rings is 1. The normalized spacial score (nSPS) is 13.2. The summed E-state index contributed by atoms with van der Waals surface area (Å²) in [5.41, 5.74) is 6.41. The minimum absolute atomic E-state index is 0.126. The van der Waals surface area contributed by atoms with Gasteiger partial charge in [-0.3, -0.25) is 5.01 Å². The van der Waals surface area contributed by atoms with Gasteiger partial charge in [-0.25, -0.2) is 4.39 Å². The molecule has 0 atom stereocenters. The van der Waals surface area contributed by atoms with Crippen LogP contribution in [0.25, 0.3) is 0 Å². The third-order valence-corrected chi connectivity index (χ3v) is 2.88. The lowest BCUT2D eigenvalue weighted by molar-refractivity contribution is 0.392. The van der Waals surface area contributed by atoms with Gasteiger partial charge in [0.2, 0.25) is 0 Å². The van der Waals surface area contributed by atoms with E-state index in [0.717, 1.165) is 12.0 Å². The highest BCUT2D eigenvalue weighted by atomic mass is 19.1. The molecule has 0 unspecified atom stereocenters. The fraction of sp³-hybridized carbons (Fsp3) is 0.278. The minimum Gasteiger partial charge on any atom is -0.457 e. The quantitative estimate of drug-likeness (QED) is 0.524. The van der Waals surface area contributed by atoms with Crippen LogP contribution in [0.2, 0.25) is 0 Å². The first-order chi connectivity index (χ1) is 11.0. The Kier molecular flexibility index (Phi) is 7.41. The van der Waals surface area contributed by atoms with Crippen molar-refractivity contribution in [2.24, 2.45) is 5.10 Å². The maximum atomic E-state index is 13.4. The highest BCUT2D eigenvalue weighted by Gasteiger charge is 2.09. The van der Waals surface area contributed by atoms with Crippen LogP contribution in [-0.2, 0) is 0 Å². The van der Waals surface area contributed by atoms with E-state index in [1.807, 2.05) is 26.8 Å². The SMILES string of the molecule is C#CCC.C/C=N\N1C=CC(Oc2cc(F)c(N)cc2C)=CC1. The Labute approximate surface area is 137 Å². The van der Waals surface area contributed by atoms with Gasteiger partial charge in [0, 0.05) is 24.9 Å². The molecule has 1 aromatic rings. The molecule has 0 spiro atoms. The molecule has 0 saturated heterocycles. The maximum absolute atomic E-state index is 13.4. The van der Waals surface area contributed by atoms with Gasteiger partial charge in [-0.2, -0.15) is 5.10 Å². The Morgan fingerprint density at radius 1 is 1.52 bits per heavy atom. The van der Waals surface area contributed by atoms with Gasteiger partial charge in [-0.05, 0) is 37.6 Å². The van der Waals surface area contributed by atoms with Crippen LogP contribution in [0.1, 0.15) is 25.8 Å². The van der Waals surface area contributed by atoms with Crippen molar-refractivity contribution in [2.45, 2.75) is 27.2 Å². The van der Waals surface area contributed by atoms with Crippen LogP contribution in [0.5, 0.6) is 5.75 Å². The van der Waals surface area contributed by atoms with E-state index in [1.54, 1.807) is 29.6 Å². The molecule has 4 nitrogen and oxygen atoms in total. The highest BCUT2D eigenvalue weighted by molar-refractivity contribution is 5.53. The van der Waals surface area contributed by atoms with Gasteiger partial charge in [0.1, 0.15) is 17.3 Å². The molecule has 122 valence electrons. The highest BCUT2D eigenvalue weighted by Crippen LogP contribution is 2.26. The molecule has 23 heavy (non-hydrogen) atoms. The van der Waals surface area contributed by atoms with Gasteiger partial charge in [0.15, 0.2) is 0 Å². The summed E-state index contributed by atoms with van der Waals surface area (Å²) in [6.45, 7) is 6.24. The van der Waals surface area contributed by atoms with Crippen LogP contribution in [0.4, 0.5) is 10.1 Å². The zero-order valence-corrected chi connectivity index (χ0v) is 13.7. The number of halogens is 1. The number of ether oxygens (including phenoxy) is 1. The Bertz CT molecular complexity index is 657. The number of nitrogens with zero attached hydrogens (tertiary/aromatic N) is 2.